The smallest absolute Gasteiger partial charge is 0.151 e. The third kappa shape index (κ3) is 1.83. The Morgan fingerprint density at radius 1 is 1.50 bits per heavy atom. The van der Waals surface area contributed by atoms with Crippen LogP contribution in [-0.2, 0) is 6.54 Å². The van der Waals surface area contributed by atoms with Gasteiger partial charge in [-0.3, -0.25) is 4.90 Å². The molecule has 1 fully saturated rings. The molecule has 0 radical (unpaired) electrons. The van der Waals surface area contributed by atoms with Gasteiger partial charge in [0.25, 0.3) is 0 Å². The van der Waals surface area contributed by atoms with E-state index in [1.807, 2.05) is 6.20 Å². The van der Waals surface area contributed by atoms with Crippen molar-refractivity contribution in [2.24, 2.45) is 5.92 Å². The lowest BCUT2D eigenvalue weighted by Gasteiger charge is -2.13. The Morgan fingerprint density at radius 3 is 3.06 bits per heavy atom. The topological polar surface area (TPSA) is 91.1 Å². The SMILES string of the molecule is CC1CN(Cc2c[nH]c3c(N)ncnc23)C[C@H]1O. The molecule has 3 heterocycles. The number of fused-ring (bicyclic) bond motifs is 1. The highest BCUT2D eigenvalue weighted by atomic mass is 16.3. The molecule has 0 aliphatic carbocycles. The van der Waals surface area contributed by atoms with Gasteiger partial charge < -0.3 is 15.8 Å². The summed E-state index contributed by atoms with van der Waals surface area (Å²) >= 11 is 0. The van der Waals surface area contributed by atoms with Gasteiger partial charge in [-0.2, -0.15) is 0 Å². The van der Waals surface area contributed by atoms with E-state index in [9.17, 15) is 5.11 Å². The lowest BCUT2D eigenvalue weighted by atomic mass is 10.1. The van der Waals surface area contributed by atoms with Crippen LogP contribution in [0.1, 0.15) is 12.5 Å². The fourth-order valence-electron chi connectivity index (χ4n) is 2.55. The first kappa shape index (κ1) is 11.4. The summed E-state index contributed by atoms with van der Waals surface area (Å²) in [6.07, 6.45) is 3.18. The number of likely N-dealkylation sites (tertiary alicyclic amines) is 1. The Kier molecular flexibility index (Phi) is 2.68. The molecule has 1 unspecified atom stereocenters. The first-order valence-electron chi connectivity index (χ1n) is 6.12. The molecule has 2 aromatic rings. The van der Waals surface area contributed by atoms with Crippen molar-refractivity contribution in [1.82, 2.24) is 19.9 Å². The zero-order chi connectivity index (χ0) is 12.7. The average molecular weight is 247 g/mol. The number of aromatic amines is 1. The molecule has 2 aromatic heterocycles. The van der Waals surface area contributed by atoms with Crippen LogP contribution in [-0.4, -0.2) is 44.2 Å². The quantitative estimate of drug-likeness (QED) is 0.712. The molecule has 96 valence electrons. The zero-order valence-electron chi connectivity index (χ0n) is 10.3. The summed E-state index contributed by atoms with van der Waals surface area (Å²) in [6.45, 7) is 4.47. The minimum atomic E-state index is -0.227. The predicted octanol–water partition coefficient (Wildman–Crippen LogP) is 0.353. The van der Waals surface area contributed by atoms with Crippen molar-refractivity contribution in [2.75, 3.05) is 18.8 Å². The average Bonchev–Trinajstić information content (AvgIpc) is 2.86. The molecule has 1 aliphatic heterocycles. The van der Waals surface area contributed by atoms with E-state index in [4.69, 9.17) is 5.73 Å². The Balaban J connectivity index is 1.85. The van der Waals surface area contributed by atoms with Crippen LogP contribution in [0.25, 0.3) is 11.0 Å². The van der Waals surface area contributed by atoms with E-state index in [2.05, 4.69) is 26.8 Å². The minimum Gasteiger partial charge on any atom is -0.391 e. The number of hydrogen-bond acceptors (Lipinski definition) is 5. The molecule has 0 amide bonds. The molecule has 1 saturated heterocycles. The maximum atomic E-state index is 9.76. The normalized spacial score (nSPS) is 25.0. The van der Waals surface area contributed by atoms with Gasteiger partial charge in [0.05, 0.1) is 11.6 Å². The van der Waals surface area contributed by atoms with Crippen molar-refractivity contribution in [2.45, 2.75) is 19.6 Å². The Morgan fingerprint density at radius 2 is 2.33 bits per heavy atom. The van der Waals surface area contributed by atoms with Gasteiger partial charge in [0.15, 0.2) is 5.82 Å². The number of H-pyrrole nitrogens is 1. The molecule has 0 spiro atoms. The predicted molar refractivity (Wildman–Crippen MR) is 68.7 cm³/mol. The van der Waals surface area contributed by atoms with Crippen LogP contribution >= 0.6 is 0 Å². The number of hydrogen-bond donors (Lipinski definition) is 3. The summed E-state index contributed by atoms with van der Waals surface area (Å²) in [5, 5.41) is 9.76. The molecule has 18 heavy (non-hydrogen) atoms. The molecule has 1 aliphatic rings. The second-order valence-electron chi connectivity index (χ2n) is 5.04. The van der Waals surface area contributed by atoms with Crippen molar-refractivity contribution in [3.8, 4) is 0 Å². The van der Waals surface area contributed by atoms with Crippen LogP contribution in [0.3, 0.4) is 0 Å². The number of β-amino-alcohol motifs (C(OH)–C–C–N with tert-alkyl or cyclic N) is 1. The number of anilines is 1. The number of nitrogens with one attached hydrogen (secondary N) is 1. The van der Waals surface area contributed by atoms with Crippen molar-refractivity contribution in [3.63, 3.8) is 0 Å². The van der Waals surface area contributed by atoms with Crippen molar-refractivity contribution in [1.29, 1.82) is 0 Å². The maximum Gasteiger partial charge on any atom is 0.151 e. The zero-order valence-corrected chi connectivity index (χ0v) is 10.3. The molecule has 2 atom stereocenters. The lowest BCUT2D eigenvalue weighted by molar-refractivity contribution is 0.147. The lowest BCUT2D eigenvalue weighted by Crippen LogP contribution is -2.21. The van der Waals surface area contributed by atoms with Gasteiger partial charge in [-0.05, 0) is 5.92 Å². The number of aliphatic hydroxyl groups excluding tert-OH is 1. The number of rotatable bonds is 2. The Labute approximate surface area is 105 Å². The molecule has 4 N–H and O–H groups in total. The van der Waals surface area contributed by atoms with Gasteiger partial charge in [0.2, 0.25) is 0 Å². The largest absolute Gasteiger partial charge is 0.391 e. The van der Waals surface area contributed by atoms with E-state index in [0.29, 0.717) is 18.3 Å². The second kappa shape index (κ2) is 4.22. The summed E-state index contributed by atoms with van der Waals surface area (Å²) in [5.74, 6) is 0.802. The van der Waals surface area contributed by atoms with Gasteiger partial charge in [0.1, 0.15) is 11.8 Å². The fraction of sp³-hybridized carbons (Fsp3) is 0.500. The van der Waals surface area contributed by atoms with Gasteiger partial charge >= 0.3 is 0 Å². The standard InChI is InChI=1S/C12H17N5O/c1-7-3-17(5-9(7)18)4-8-2-14-11-10(8)15-6-16-12(11)13/h2,6-7,9,14,18H,3-5H2,1H3,(H2,13,15,16)/t7?,9-/m1/s1. The molecule has 6 heteroatoms. The second-order valence-corrected chi connectivity index (χ2v) is 5.04. The highest BCUT2D eigenvalue weighted by Crippen LogP contribution is 2.23. The van der Waals surface area contributed by atoms with Gasteiger partial charge in [0, 0.05) is 31.4 Å². The molecule has 0 bridgehead atoms. The highest BCUT2D eigenvalue weighted by Gasteiger charge is 2.28. The minimum absolute atomic E-state index is 0.227. The number of nitrogen functional groups attached to an aromatic ring is 1. The summed E-state index contributed by atoms with van der Waals surface area (Å²) in [4.78, 5) is 13.6. The monoisotopic (exact) mass is 247 g/mol. The number of nitrogens with zero attached hydrogens (tertiary/aromatic N) is 3. The number of aromatic nitrogens is 3. The van der Waals surface area contributed by atoms with Crippen molar-refractivity contribution in [3.05, 3.63) is 18.1 Å². The fourth-order valence-corrected chi connectivity index (χ4v) is 2.55. The van der Waals surface area contributed by atoms with Crippen molar-refractivity contribution < 1.29 is 5.11 Å². The maximum absolute atomic E-state index is 9.76. The highest BCUT2D eigenvalue weighted by molar-refractivity contribution is 5.86. The molecule has 0 saturated carbocycles. The van der Waals surface area contributed by atoms with Crippen molar-refractivity contribution >= 4 is 16.9 Å². The third-order valence-electron chi connectivity index (χ3n) is 3.61. The van der Waals surface area contributed by atoms with E-state index in [0.717, 1.165) is 29.7 Å². The molecule has 6 nitrogen and oxygen atoms in total. The van der Waals surface area contributed by atoms with E-state index < -0.39 is 0 Å². The molecule has 3 rings (SSSR count). The van der Waals surface area contributed by atoms with E-state index in [1.165, 1.54) is 6.33 Å². The van der Waals surface area contributed by atoms with Crippen LogP contribution < -0.4 is 5.73 Å². The summed E-state index contributed by atoms with van der Waals surface area (Å²) in [7, 11) is 0. The van der Waals surface area contributed by atoms with Crippen LogP contribution in [0, 0.1) is 5.92 Å². The van der Waals surface area contributed by atoms with E-state index >= 15 is 0 Å². The summed E-state index contributed by atoms with van der Waals surface area (Å²) in [5.41, 5.74) is 8.55. The molecular weight excluding hydrogens is 230 g/mol. The molecule has 0 aromatic carbocycles. The first-order valence-corrected chi connectivity index (χ1v) is 6.12. The Bertz CT molecular complexity index is 557. The van der Waals surface area contributed by atoms with Crippen LogP contribution in [0.2, 0.25) is 0 Å². The van der Waals surface area contributed by atoms with E-state index in [1.54, 1.807) is 0 Å². The Hall–Kier alpha value is -1.66. The number of aliphatic hydroxyl groups is 1. The third-order valence-corrected chi connectivity index (χ3v) is 3.61. The van der Waals surface area contributed by atoms with Crippen LogP contribution in [0.4, 0.5) is 5.82 Å². The van der Waals surface area contributed by atoms with E-state index in [-0.39, 0.29) is 6.10 Å². The first-order chi connectivity index (χ1) is 8.65. The number of nitrogens with two attached hydrogens (primary N) is 1. The van der Waals surface area contributed by atoms with Crippen LogP contribution in [0.5, 0.6) is 0 Å². The van der Waals surface area contributed by atoms with Gasteiger partial charge in [-0.25, -0.2) is 9.97 Å². The van der Waals surface area contributed by atoms with Gasteiger partial charge in [-0.15, -0.1) is 0 Å². The molecular formula is C12H17N5O. The summed E-state index contributed by atoms with van der Waals surface area (Å²) < 4.78 is 0. The van der Waals surface area contributed by atoms with Crippen LogP contribution in [0.15, 0.2) is 12.5 Å². The summed E-state index contributed by atoms with van der Waals surface area (Å²) in [6, 6.07) is 0. The van der Waals surface area contributed by atoms with Gasteiger partial charge in [-0.1, -0.05) is 6.92 Å².